The second-order valence-corrected chi connectivity index (χ2v) is 6.98. The van der Waals surface area contributed by atoms with Gasteiger partial charge >= 0.3 is 0 Å². The fourth-order valence-electron chi connectivity index (χ4n) is 3.15. The van der Waals surface area contributed by atoms with Gasteiger partial charge in [0.25, 0.3) is 0 Å². The van der Waals surface area contributed by atoms with Gasteiger partial charge in [0, 0.05) is 22.3 Å². The van der Waals surface area contributed by atoms with Crippen LogP contribution >= 0.6 is 0 Å². The molecule has 0 bridgehead atoms. The van der Waals surface area contributed by atoms with Crippen LogP contribution in [-0.4, -0.2) is 9.97 Å². The number of nitrogens with zero attached hydrogens (tertiary/aromatic N) is 2. The number of ether oxygens (including phenoxy) is 2. The van der Waals surface area contributed by atoms with Crippen molar-refractivity contribution in [3.05, 3.63) is 84.2 Å². The third-order valence-electron chi connectivity index (χ3n) is 4.58. The van der Waals surface area contributed by atoms with Crippen LogP contribution in [0.5, 0.6) is 23.3 Å². The number of para-hydroxylation sites is 2. The first-order chi connectivity index (χ1) is 14.5. The molecule has 4 rings (SSSR count). The van der Waals surface area contributed by atoms with Crippen LogP contribution in [0.3, 0.4) is 0 Å². The number of hydrogen-bond acceptors (Lipinski definition) is 6. The molecule has 0 saturated carbocycles. The number of hydrogen-bond donors (Lipinski definition) is 2. The summed E-state index contributed by atoms with van der Waals surface area (Å²) < 4.78 is 12.3. The summed E-state index contributed by atoms with van der Waals surface area (Å²) in [7, 11) is 0. The molecule has 30 heavy (non-hydrogen) atoms. The van der Waals surface area contributed by atoms with Gasteiger partial charge < -0.3 is 20.9 Å². The minimum Gasteiger partial charge on any atom is -0.438 e. The van der Waals surface area contributed by atoms with Gasteiger partial charge in [-0.1, -0.05) is 36.4 Å². The van der Waals surface area contributed by atoms with Gasteiger partial charge in [-0.05, 0) is 38.1 Å². The van der Waals surface area contributed by atoms with Gasteiger partial charge in [-0.3, -0.25) is 0 Å². The zero-order chi connectivity index (χ0) is 21.1. The van der Waals surface area contributed by atoms with Crippen molar-refractivity contribution in [3.63, 3.8) is 0 Å². The number of anilines is 2. The van der Waals surface area contributed by atoms with Gasteiger partial charge in [0.15, 0.2) is 0 Å². The first-order valence-corrected chi connectivity index (χ1v) is 9.49. The average Bonchev–Trinajstić information content (AvgIpc) is 2.73. The highest BCUT2D eigenvalue weighted by molar-refractivity contribution is 5.76. The molecule has 0 radical (unpaired) electrons. The van der Waals surface area contributed by atoms with Gasteiger partial charge in [0.05, 0.1) is 23.8 Å². The Morgan fingerprint density at radius 2 is 1.03 bits per heavy atom. The van der Waals surface area contributed by atoms with Crippen molar-refractivity contribution in [2.75, 3.05) is 11.5 Å². The number of nitrogen functional groups attached to an aromatic ring is 2. The Kier molecular flexibility index (Phi) is 5.22. The van der Waals surface area contributed by atoms with E-state index >= 15 is 0 Å². The summed E-state index contributed by atoms with van der Waals surface area (Å²) in [5, 5.41) is 0. The number of aromatic nitrogens is 2. The van der Waals surface area contributed by atoms with Crippen molar-refractivity contribution in [2.45, 2.75) is 13.8 Å². The molecule has 4 N–H and O–H groups in total. The first-order valence-electron chi connectivity index (χ1n) is 9.49. The van der Waals surface area contributed by atoms with E-state index in [0.29, 0.717) is 34.6 Å². The molecule has 6 heteroatoms. The van der Waals surface area contributed by atoms with Crippen LogP contribution in [0.2, 0.25) is 0 Å². The van der Waals surface area contributed by atoms with E-state index in [1.165, 1.54) is 0 Å². The topological polar surface area (TPSA) is 96.3 Å². The maximum Gasteiger partial charge on any atom is 0.222 e. The van der Waals surface area contributed by atoms with Crippen molar-refractivity contribution < 1.29 is 9.47 Å². The lowest BCUT2D eigenvalue weighted by atomic mass is 10.0. The second-order valence-electron chi connectivity index (χ2n) is 6.98. The molecule has 2 aromatic heterocycles. The molecule has 0 saturated heterocycles. The molecule has 0 amide bonds. The molecular weight excluding hydrogens is 376 g/mol. The van der Waals surface area contributed by atoms with Crippen molar-refractivity contribution >= 4 is 11.4 Å². The molecule has 150 valence electrons. The van der Waals surface area contributed by atoms with Gasteiger partial charge in [0.2, 0.25) is 11.8 Å². The number of aryl methyl sites for hydroxylation is 2. The van der Waals surface area contributed by atoms with Crippen LogP contribution in [0.15, 0.2) is 73.1 Å². The Morgan fingerprint density at radius 1 is 0.633 bits per heavy atom. The largest absolute Gasteiger partial charge is 0.438 e. The van der Waals surface area contributed by atoms with Crippen LogP contribution in [-0.2, 0) is 0 Å². The van der Waals surface area contributed by atoms with E-state index < -0.39 is 0 Å². The molecule has 0 unspecified atom stereocenters. The summed E-state index contributed by atoms with van der Waals surface area (Å²) >= 11 is 0. The highest BCUT2D eigenvalue weighted by Crippen LogP contribution is 2.40. The van der Waals surface area contributed by atoms with E-state index in [2.05, 4.69) is 9.97 Å². The zero-order valence-corrected chi connectivity index (χ0v) is 16.8. The van der Waals surface area contributed by atoms with Crippen LogP contribution in [0, 0.1) is 13.8 Å². The van der Waals surface area contributed by atoms with Gasteiger partial charge in [-0.2, -0.15) is 0 Å². The second kappa shape index (κ2) is 8.13. The molecule has 6 nitrogen and oxygen atoms in total. The maximum absolute atomic E-state index is 6.14. The number of pyridine rings is 2. The van der Waals surface area contributed by atoms with E-state index in [9.17, 15) is 0 Å². The lowest BCUT2D eigenvalue weighted by Gasteiger charge is -2.16. The van der Waals surface area contributed by atoms with E-state index in [-0.39, 0.29) is 0 Å². The summed E-state index contributed by atoms with van der Waals surface area (Å²) in [6.45, 7) is 3.82. The van der Waals surface area contributed by atoms with Crippen LogP contribution < -0.4 is 20.9 Å². The third-order valence-corrected chi connectivity index (χ3v) is 4.58. The third kappa shape index (κ3) is 4.03. The highest BCUT2D eigenvalue weighted by atomic mass is 16.5. The number of rotatable bonds is 5. The Morgan fingerprint density at radius 3 is 1.43 bits per heavy atom. The van der Waals surface area contributed by atoms with Gasteiger partial charge in [0.1, 0.15) is 11.5 Å². The molecule has 0 fully saturated rings. The van der Waals surface area contributed by atoms with E-state index in [1.54, 1.807) is 12.4 Å². The molecule has 0 atom stereocenters. The Labute approximate surface area is 175 Å². The minimum atomic E-state index is 0.506. The maximum atomic E-state index is 6.14. The van der Waals surface area contributed by atoms with Crippen LogP contribution in [0.4, 0.5) is 11.4 Å². The SMILES string of the molecule is Cc1cc(N)cnc1Oc1ccccc1-c1ccccc1Oc1ncc(N)cc1C. The molecule has 2 heterocycles. The van der Waals surface area contributed by atoms with E-state index in [1.807, 2.05) is 74.5 Å². The molecule has 0 spiro atoms. The standard InChI is InChI=1S/C24H22N4O2/c1-15-11-17(25)13-27-23(15)29-21-9-5-3-7-19(21)20-8-4-6-10-22(20)30-24-16(2)12-18(26)14-28-24/h3-14H,25-26H2,1-2H3. The first kappa shape index (κ1) is 19.3. The minimum absolute atomic E-state index is 0.506. The fourth-order valence-corrected chi connectivity index (χ4v) is 3.15. The quantitative estimate of drug-likeness (QED) is 0.460. The Balaban J connectivity index is 1.73. The monoisotopic (exact) mass is 398 g/mol. The molecule has 4 aromatic rings. The molecular formula is C24H22N4O2. The van der Waals surface area contributed by atoms with Crippen molar-refractivity contribution in [3.8, 4) is 34.4 Å². The Hall–Kier alpha value is -4.06. The molecule has 2 aromatic carbocycles. The smallest absolute Gasteiger partial charge is 0.222 e. The molecule has 0 aliphatic rings. The number of benzene rings is 2. The summed E-state index contributed by atoms with van der Waals surface area (Å²) in [6.07, 6.45) is 3.16. The zero-order valence-electron chi connectivity index (χ0n) is 16.8. The fraction of sp³-hybridized carbons (Fsp3) is 0.0833. The summed E-state index contributed by atoms with van der Waals surface area (Å²) in [6, 6.07) is 19.2. The summed E-state index contributed by atoms with van der Waals surface area (Å²) in [5.74, 6) is 2.34. The van der Waals surface area contributed by atoms with Crippen molar-refractivity contribution in [2.24, 2.45) is 0 Å². The summed E-state index contributed by atoms with van der Waals surface area (Å²) in [5.41, 5.74) is 16.3. The van der Waals surface area contributed by atoms with Gasteiger partial charge in [-0.15, -0.1) is 0 Å². The lowest BCUT2D eigenvalue weighted by molar-refractivity contribution is 0.454. The Bertz CT molecular complexity index is 1110. The summed E-state index contributed by atoms with van der Waals surface area (Å²) in [4.78, 5) is 8.64. The van der Waals surface area contributed by atoms with E-state index in [4.69, 9.17) is 20.9 Å². The van der Waals surface area contributed by atoms with Crippen molar-refractivity contribution in [1.82, 2.24) is 9.97 Å². The predicted molar refractivity (Wildman–Crippen MR) is 119 cm³/mol. The highest BCUT2D eigenvalue weighted by Gasteiger charge is 2.15. The molecule has 0 aliphatic carbocycles. The molecule has 0 aliphatic heterocycles. The van der Waals surface area contributed by atoms with Gasteiger partial charge in [-0.25, -0.2) is 9.97 Å². The predicted octanol–water partition coefficient (Wildman–Crippen LogP) is 5.51. The van der Waals surface area contributed by atoms with E-state index in [0.717, 1.165) is 22.3 Å². The van der Waals surface area contributed by atoms with Crippen LogP contribution in [0.25, 0.3) is 11.1 Å². The lowest BCUT2D eigenvalue weighted by Crippen LogP contribution is -1.97. The normalized spacial score (nSPS) is 10.6. The number of nitrogens with two attached hydrogens (primary N) is 2. The average molecular weight is 398 g/mol. The van der Waals surface area contributed by atoms with Crippen molar-refractivity contribution in [1.29, 1.82) is 0 Å². The van der Waals surface area contributed by atoms with Crippen LogP contribution in [0.1, 0.15) is 11.1 Å².